The molecule has 3 aromatic rings. The summed E-state index contributed by atoms with van der Waals surface area (Å²) in [6.45, 7) is -0.200. The van der Waals surface area contributed by atoms with E-state index in [1.807, 2.05) is 30.3 Å². The summed E-state index contributed by atoms with van der Waals surface area (Å²) in [5, 5.41) is 49.9. The van der Waals surface area contributed by atoms with E-state index >= 15 is 0 Å². The molecule has 0 radical (unpaired) electrons. The molecule has 3 aromatic carbocycles. The quantitative estimate of drug-likeness (QED) is 0.216. The molecule has 0 unspecified atom stereocenters. The van der Waals surface area contributed by atoms with E-state index in [9.17, 15) is 30.3 Å². The Balaban J connectivity index is 1.44. The minimum Gasteiger partial charge on any atom is -0.507 e. The van der Waals surface area contributed by atoms with Crippen molar-refractivity contribution < 1.29 is 44.5 Å². The topological polar surface area (TPSA) is 146 Å². The number of aromatic hydroxyl groups is 1. The predicted molar refractivity (Wildman–Crippen MR) is 133 cm³/mol. The van der Waals surface area contributed by atoms with Gasteiger partial charge in [0.15, 0.2) is 5.78 Å². The minimum absolute atomic E-state index is 0.108. The molecule has 5 atom stereocenters. The van der Waals surface area contributed by atoms with Crippen LogP contribution in [0.5, 0.6) is 17.2 Å². The third-order valence-corrected chi connectivity index (χ3v) is 5.90. The fraction of sp³-hybridized carbons (Fsp3) is 0.250. The van der Waals surface area contributed by atoms with Crippen LogP contribution in [0.25, 0.3) is 6.08 Å². The number of hydrogen-bond acceptors (Lipinski definition) is 9. The molecule has 0 saturated carbocycles. The molecule has 0 amide bonds. The molecule has 4 rings (SSSR count). The normalized spacial score (nSPS) is 23.6. The number of phenols is 1. The molecule has 1 aliphatic rings. The zero-order valence-electron chi connectivity index (χ0n) is 19.8. The second-order valence-electron chi connectivity index (χ2n) is 8.51. The SMILES string of the molecule is O=C(/C=C/c1ccc(OCc2ccccc2)cc1)c1c(O)cccc1O[C@@H]1O[C@H](CO)[C@@H](O)[C@H](O)[C@H]1O. The van der Waals surface area contributed by atoms with Gasteiger partial charge in [-0.05, 0) is 41.5 Å². The zero-order chi connectivity index (χ0) is 26.4. The molecule has 9 heteroatoms. The molecule has 1 aliphatic heterocycles. The highest BCUT2D eigenvalue weighted by Crippen LogP contribution is 2.32. The second-order valence-corrected chi connectivity index (χ2v) is 8.51. The van der Waals surface area contributed by atoms with E-state index in [0.717, 1.165) is 5.56 Å². The highest BCUT2D eigenvalue weighted by atomic mass is 16.7. The van der Waals surface area contributed by atoms with E-state index in [0.29, 0.717) is 17.9 Å². The fourth-order valence-corrected chi connectivity index (χ4v) is 3.83. The Bertz CT molecular complexity index is 1210. The summed E-state index contributed by atoms with van der Waals surface area (Å²) in [4.78, 5) is 13.0. The summed E-state index contributed by atoms with van der Waals surface area (Å²) in [7, 11) is 0. The van der Waals surface area contributed by atoms with Gasteiger partial charge in [0.2, 0.25) is 6.29 Å². The minimum atomic E-state index is -1.67. The van der Waals surface area contributed by atoms with Crippen molar-refractivity contribution in [3.05, 3.63) is 95.6 Å². The van der Waals surface area contributed by atoms with Gasteiger partial charge in [-0.3, -0.25) is 4.79 Å². The summed E-state index contributed by atoms with van der Waals surface area (Å²) in [5.74, 6) is -0.379. The Morgan fingerprint density at radius 2 is 1.62 bits per heavy atom. The Morgan fingerprint density at radius 3 is 2.32 bits per heavy atom. The number of aliphatic hydroxyl groups is 4. The van der Waals surface area contributed by atoms with Crippen molar-refractivity contribution in [2.24, 2.45) is 0 Å². The molecule has 5 N–H and O–H groups in total. The number of ether oxygens (including phenoxy) is 3. The maximum absolute atomic E-state index is 13.0. The van der Waals surface area contributed by atoms with Crippen molar-refractivity contribution >= 4 is 11.9 Å². The lowest BCUT2D eigenvalue weighted by Gasteiger charge is -2.39. The highest BCUT2D eigenvalue weighted by molar-refractivity contribution is 6.10. The molecular weight excluding hydrogens is 480 g/mol. The van der Waals surface area contributed by atoms with Gasteiger partial charge >= 0.3 is 0 Å². The van der Waals surface area contributed by atoms with Crippen LogP contribution in [0.3, 0.4) is 0 Å². The molecule has 194 valence electrons. The van der Waals surface area contributed by atoms with E-state index in [2.05, 4.69) is 0 Å². The summed E-state index contributed by atoms with van der Waals surface area (Å²) in [6, 6.07) is 21.0. The first-order valence-electron chi connectivity index (χ1n) is 11.7. The van der Waals surface area contributed by atoms with Gasteiger partial charge in [0.25, 0.3) is 0 Å². The average molecular weight is 509 g/mol. The summed E-state index contributed by atoms with van der Waals surface area (Å²) < 4.78 is 16.7. The smallest absolute Gasteiger partial charge is 0.229 e. The van der Waals surface area contributed by atoms with Crippen molar-refractivity contribution in [3.8, 4) is 17.2 Å². The molecule has 1 fully saturated rings. The van der Waals surface area contributed by atoms with Crippen LogP contribution in [0.4, 0.5) is 0 Å². The third kappa shape index (κ3) is 6.34. The van der Waals surface area contributed by atoms with Gasteiger partial charge in [-0.2, -0.15) is 0 Å². The molecule has 9 nitrogen and oxygen atoms in total. The van der Waals surface area contributed by atoms with Crippen molar-refractivity contribution in [3.63, 3.8) is 0 Å². The van der Waals surface area contributed by atoms with Crippen LogP contribution in [-0.4, -0.2) is 68.6 Å². The standard InChI is InChI=1S/C28H28O9/c29-15-23-25(32)26(33)27(34)28(37-23)36-22-8-4-7-20(30)24(22)21(31)14-11-17-9-12-19(13-10-17)35-16-18-5-2-1-3-6-18/h1-14,23,25-30,32-34H,15-16H2/b14-11+/t23-,25-,26+,27-,28-/m1/s1. The largest absolute Gasteiger partial charge is 0.507 e. The number of rotatable bonds is 9. The Hall–Kier alpha value is -3.73. The van der Waals surface area contributed by atoms with E-state index in [1.165, 1.54) is 24.3 Å². The van der Waals surface area contributed by atoms with Gasteiger partial charge in [-0.25, -0.2) is 0 Å². The molecule has 1 saturated heterocycles. The monoisotopic (exact) mass is 508 g/mol. The van der Waals surface area contributed by atoms with Gasteiger partial charge in [0, 0.05) is 0 Å². The van der Waals surface area contributed by atoms with Crippen LogP contribution >= 0.6 is 0 Å². The number of hydrogen-bond donors (Lipinski definition) is 5. The Kier molecular flexibility index (Phi) is 8.54. The molecular formula is C28H28O9. The highest BCUT2D eigenvalue weighted by Gasteiger charge is 2.45. The maximum Gasteiger partial charge on any atom is 0.229 e. The lowest BCUT2D eigenvalue weighted by atomic mass is 9.99. The third-order valence-electron chi connectivity index (χ3n) is 5.90. The zero-order valence-corrected chi connectivity index (χ0v) is 19.8. The first kappa shape index (κ1) is 26.3. The van der Waals surface area contributed by atoms with Crippen LogP contribution in [0.1, 0.15) is 21.5 Å². The first-order chi connectivity index (χ1) is 17.9. The van der Waals surface area contributed by atoms with Crippen LogP contribution in [0, 0.1) is 0 Å². The van der Waals surface area contributed by atoms with Crippen LogP contribution < -0.4 is 9.47 Å². The number of allylic oxidation sites excluding steroid dienone is 1. The molecule has 0 aromatic heterocycles. The summed E-state index contributed by atoms with van der Waals surface area (Å²) in [6.07, 6.45) is -4.73. The number of ketones is 1. The molecule has 0 spiro atoms. The average Bonchev–Trinajstić information content (AvgIpc) is 2.92. The molecule has 0 aliphatic carbocycles. The number of carbonyl (C=O) groups is 1. The van der Waals surface area contributed by atoms with Crippen molar-refractivity contribution in [1.29, 1.82) is 0 Å². The van der Waals surface area contributed by atoms with Gasteiger partial charge in [0.05, 0.1) is 6.61 Å². The van der Waals surface area contributed by atoms with E-state index in [4.69, 9.17) is 14.2 Å². The Morgan fingerprint density at radius 1 is 0.892 bits per heavy atom. The lowest BCUT2D eigenvalue weighted by molar-refractivity contribution is -0.277. The predicted octanol–water partition coefficient (Wildman–Crippen LogP) is 2.05. The van der Waals surface area contributed by atoms with Gasteiger partial charge in [-0.1, -0.05) is 54.6 Å². The van der Waals surface area contributed by atoms with Crippen molar-refractivity contribution in [1.82, 2.24) is 0 Å². The van der Waals surface area contributed by atoms with Crippen LogP contribution in [-0.2, 0) is 11.3 Å². The van der Waals surface area contributed by atoms with Crippen molar-refractivity contribution in [2.75, 3.05) is 6.61 Å². The summed E-state index contributed by atoms with van der Waals surface area (Å²) >= 11 is 0. The lowest BCUT2D eigenvalue weighted by Crippen LogP contribution is -2.60. The van der Waals surface area contributed by atoms with E-state index in [-0.39, 0.29) is 17.1 Å². The summed E-state index contributed by atoms with van der Waals surface area (Å²) in [5.41, 5.74) is 1.58. The number of benzene rings is 3. The second kappa shape index (κ2) is 12.0. The van der Waals surface area contributed by atoms with Crippen molar-refractivity contribution in [2.45, 2.75) is 37.3 Å². The van der Waals surface area contributed by atoms with Crippen LogP contribution in [0.15, 0.2) is 78.9 Å². The number of aliphatic hydroxyl groups excluding tert-OH is 4. The van der Waals surface area contributed by atoms with Gasteiger partial charge in [-0.15, -0.1) is 0 Å². The van der Waals surface area contributed by atoms with Crippen LogP contribution in [0.2, 0.25) is 0 Å². The van der Waals surface area contributed by atoms with E-state index in [1.54, 1.807) is 30.3 Å². The molecule has 0 bridgehead atoms. The molecule has 37 heavy (non-hydrogen) atoms. The maximum atomic E-state index is 13.0. The Labute approximate surface area is 213 Å². The fourth-order valence-electron chi connectivity index (χ4n) is 3.83. The van der Waals surface area contributed by atoms with Gasteiger partial charge < -0.3 is 39.7 Å². The number of carbonyl (C=O) groups excluding carboxylic acids is 1. The number of phenolic OH excluding ortho intramolecular Hbond substituents is 1. The molecule has 1 heterocycles. The first-order valence-corrected chi connectivity index (χ1v) is 11.7. The van der Waals surface area contributed by atoms with E-state index < -0.39 is 43.1 Å². The van der Waals surface area contributed by atoms with Gasteiger partial charge in [0.1, 0.15) is 53.8 Å².